The molecule has 4 aromatic rings. The average molecular weight is 622 g/mol. The van der Waals surface area contributed by atoms with Gasteiger partial charge < -0.3 is 9.47 Å². The Kier molecular flexibility index (Phi) is 7.24. The number of rotatable bonds is 7. The Morgan fingerprint density at radius 1 is 1.14 bits per heavy atom. The van der Waals surface area contributed by atoms with Crippen LogP contribution >= 0.6 is 11.6 Å². The van der Waals surface area contributed by atoms with Crippen LogP contribution in [0.25, 0.3) is 16.8 Å². The van der Waals surface area contributed by atoms with Crippen LogP contribution in [0.1, 0.15) is 55.2 Å². The van der Waals surface area contributed by atoms with Gasteiger partial charge in [-0.25, -0.2) is 14.6 Å². The molecule has 1 aromatic carbocycles. The number of fused-ring (bicyclic) bond motifs is 3. The third-order valence-corrected chi connectivity index (χ3v) is 7.47. The van der Waals surface area contributed by atoms with Gasteiger partial charge in [0.2, 0.25) is 11.7 Å². The maximum absolute atomic E-state index is 14.6. The predicted molar refractivity (Wildman–Crippen MR) is 153 cm³/mol. The molecule has 6 rings (SSSR count). The summed E-state index contributed by atoms with van der Waals surface area (Å²) in [7, 11) is 0. The van der Waals surface area contributed by atoms with Crippen LogP contribution in [0, 0.1) is 11.9 Å². The molecule has 3 aromatic heterocycles. The maximum atomic E-state index is 14.6. The highest BCUT2D eigenvalue weighted by molar-refractivity contribution is 6.31. The molecule has 44 heavy (non-hydrogen) atoms. The number of hydrogen-bond donors (Lipinski definition) is 1. The number of halogens is 2. The highest BCUT2D eigenvalue weighted by Gasteiger charge is 2.56. The first kappa shape index (κ1) is 29.1. The van der Waals surface area contributed by atoms with Crippen LogP contribution in [0.4, 0.5) is 15.0 Å². The van der Waals surface area contributed by atoms with E-state index >= 15 is 0 Å². The highest BCUT2D eigenvalue weighted by Crippen LogP contribution is 2.59. The van der Waals surface area contributed by atoms with Crippen LogP contribution in [0.5, 0.6) is 0 Å². The number of amides is 1. The summed E-state index contributed by atoms with van der Waals surface area (Å²) in [6, 6.07) is 9.78. The molecule has 1 saturated carbocycles. The summed E-state index contributed by atoms with van der Waals surface area (Å²) in [5.41, 5.74) is 0.857. The monoisotopic (exact) mass is 621 g/mol. The Bertz CT molecular complexity index is 1870. The molecule has 0 spiro atoms. The number of carbonyl (C=O) groups excluding carboxylic acids is 3. The minimum absolute atomic E-state index is 0.0433. The van der Waals surface area contributed by atoms with Gasteiger partial charge in [0.05, 0.1) is 11.3 Å². The number of nitrogens with zero attached hydrogens (tertiary/aromatic N) is 6. The molecule has 226 valence electrons. The fraction of sp³-hybridized carbons (Fsp3) is 0.310. The number of tetrazole rings is 1. The molecular formula is C29H25ClFN7O6. The lowest BCUT2D eigenvalue weighted by atomic mass is 10.0. The van der Waals surface area contributed by atoms with Crippen molar-refractivity contribution in [2.24, 2.45) is 5.92 Å². The summed E-state index contributed by atoms with van der Waals surface area (Å²) in [5.74, 6) is -3.13. The van der Waals surface area contributed by atoms with E-state index in [-0.39, 0.29) is 17.7 Å². The number of hydrogen-bond acceptors (Lipinski definition) is 10. The molecule has 15 heteroatoms. The summed E-state index contributed by atoms with van der Waals surface area (Å²) in [6.07, 6.45) is 1.25. The van der Waals surface area contributed by atoms with Crippen LogP contribution in [0.3, 0.4) is 0 Å². The number of pyridine rings is 2. The number of ether oxygens (including phenoxy) is 2. The van der Waals surface area contributed by atoms with Gasteiger partial charge in [0.25, 0.3) is 5.56 Å². The van der Waals surface area contributed by atoms with Gasteiger partial charge in [-0.15, -0.1) is 5.10 Å². The fourth-order valence-electron chi connectivity index (χ4n) is 5.35. The third kappa shape index (κ3) is 5.67. The summed E-state index contributed by atoms with van der Waals surface area (Å²) in [5, 5.41) is 14.0. The maximum Gasteiger partial charge on any atom is 0.413 e. The third-order valence-electron chi connectivity index (χ3n) is 7.23. The van der Waals surface area contributed by atoms with Crippen LogP contribution in [0.2, 0.25) is 5.02 Å². The van der Waals surface area contributed by atoms with Crippen molar-refractivity contribution in [1.29, 1.82) is 0 Å². The Labute approximate surface area is 253 Å². The second-order valence-corrected chi connectivity index (χ2v) is 11.9. The molecule has 1 aliphatic heterocycles. The highest BCUT2D eigenvalue weighted by atomic mass is 35.5. The average Bonchev–Trinajstić information content (AvgIpc) is 3.38. The predicted octanol–water partition coefficient (Wildman–Crippen LogP) is 4.11. The number of esters is 1. The SMILES string of the molecule is CC(C)(C)OC(=O)Nc1ccc(C(=O)COC(=O)[C@@H]2[C@H]3C[C@H]3c3cc(-c4cc(Cl)ccc4-n4cnnn4)cc(=O)n32)c(F)n1. The first-order valence-electron chi connectivity index (χ1n) is 13.6. The van der Waals surface area contributed by atoms with Crippen LogP contribution < -0.4 is 10.9 Å². The lowest BCUT2D eigenvalue weighted by Gasteiger charge is -2.19. The first-order valence-corrected chi connectivity index (χ1v) is 13.9. The molecule has 1 N–H and O–H groups in total. The van der Waals surface area contributed by atoms with Crippen molar-refractivity contribution >= 4 is 35.3 Å². The van der Waals surface area contributed by atoms with Crippen molar-refractivity contribution in [1.82, 2.24) is 29.8 Å². The Hall–Kier alpha value is -4.98. The van der Waals surface area contributed by atoms with E-state index in [1.165, 1.54) is 27.7 Å². The van der Waals surface area contributed by atoms with E-state index in [0.29, 0.717) is 34.0 Å². The van der Waals surface area contributed by atoms with Crippen molar-refractivity contribution in [3.63, 3.8) is 0 Å². The zero-order valence-corrected chi connectivity index (χ0v) is 24.4. The standard InChI is InChI=1S/C29H25ClFN7O6/c1-29(2,3)44-28(42)34-23-7-5-16(26(31)33-23)22(39)12-43-27(41)25-19-11-18(19)21-8-14(9-24(40)38(21)25)17-10-15(30)4-6-20(17)37-13-32-35-36-37/h4-10,13,18-19,25H,11-12H2,1-3H3,(H,33,34,42)/t18-,19+,25+/m1/s1. The molecule has 2 aliphatic rings. The van der Waals surface area contributed by atoms with E-state index in [4.69, 9.17) is 21.1 Å². The molecule has 0 radical (unpaired) electrons. The molecular weight excluding hydrogens is 597 g/mol. The van der Waals surface area contributed by atoms with Crippen LogP contribution in [-0.4, -0.2) is 59.8 Å². The van der Waals surface area contributed by atoms with Crippen molar-refractivity contribution in [3.05, 3.63) is 81.4 Å². The zero-order chi connectivity index (χ0) is 31.3. The Morgan fingerprint density at radius 2 is 1.93 bits per heavy atom. The number of nitrogens with one attached hydrogen (secondary N) is 1. The van der Waals surface area contributed by atoms with Gasteiger partial charge in [0.1, 0.15) is 23.8 Å². The fourth-order valence-corrected chi connectivity index (χ4v) is 5.52. The zero-order valence-electron chi connectivity index (χ0n) is 23.7. The van der Waals surface area contributed by atoms with Crippen LogP contribution in [-0.2, 0) is 14.3 Å². The van der Waals surface area contributed by atoms with E-state index in [1.807, 2.05) is 6.07 Å². The summed E-state index contributed by atoms with van der Waals surface area (Å²) < 4.78 is 27.8. The van der Waals surface area contributed by atoms with Crippen molar-refractivity contribution in [2.45, 2.75) is 44.8 Å². The van der Waals surface area contributed by atoms with Crippen molar-refractivity contribution < 1.29 is 28.2 Å². The van der Waals surface area contributed by atoms with E-state index in [1.54, 1.807) is 39.0 Å². The number of anilines is 1. The van der Waals surface area contributed by atoms with Gasteiger partial charge in [0.15, 0.2) is 6.61 Å². The quantitative estimate of drug-likeness (QED) is 0.181. The number of ketones is 1. The van der Waals surface area contributed by atoms with Gasteiger partial charge >= 0.3 is 12.1 Å². The van der Waals surface area contributed by atoms with E-state index in [0.717, 1.165) is 6.07 Å². The lowest BCUT2D eigenvalue weighted by molar-refractivity contribution is -0.147. The Morgan fingerprint density at radius 3 is 2.64 bits per heavy atom. The molecule has 1 fully saturated rings. The van der Waals surface area contributed by atoms with Crippen molar-refractivity contribution in [2.75, 3.05) is 11.9 Å². The first-order chi connectivity index (χ1) is 20.9. The topological polar surface area (TPSA) is 160 Å². The second-order valence-electron chi connectivity index (χ2n) is 11.4. The van der Waals surface area contributed by atoms with E-state index in [2.05, 4.69) is 25.8 Å². The van der Waals surface area contributed by atoms with Crippen LogP contribution in [0.15, 0.2) is 53.6 Å². The van der Waals surface area contributed by atoms with Gasteiger partial charge in [-0.1, -0.05) is 11.6 Å². The molecule has 3 atom stereocenters. The summed E-state index contributed by atoms with van der Waals surface area (Å²) in [6.45, 7) is 4.24. The molecule has 13 nitrogen and oxygen atoms in total. The molecule has 0 saturated heterocycles. The molecule has 1 amide bonds. The van der Waals surface area contributed by atoms with Crippen molar-refractivity contribution in [3.8, 4) is 16.8 Å². The Balaban J connectivity index is 1.17. The molecule has 4 heterocycles. The number of carbonyl (C=O) groups is 3. The second kappa shape index (κ2) is 10.9. The minimum atomic E-state index is -1.15. The van der Waals surface area contributed by atoms with Gasteiger partial charge in [0, 0.05) is 28.3 Å². The lowest BCUT2D eigenvalue weighted by Crippen LogP contribution is -2.32. The van der Waals surface area contributed by atoms with E-state index < -0.39 is 53.2 Å². The van der Waals surface area contributed by atoms with Gasteiger partial charge in [-0.2, -0.15) is 9.07 Å². The largest absolute Gasteiger partial charge is 0.456 e. The number of benzene rings is 1. The summed E-state index contributed by atoms with van der Waals surface area (Å²) >= 11 is 6.27. The smallest absolute Gasteiger partial charge is 0.413 e. The number of aromatic nitrogens is 6. The van der Waals surface area contributed by atoms with Gasteiger partial charge in [-0.3, -0.25) is 19.5 Å². The molecule has 1 aliphatic carbocycles. The molecule has 0 unspecified atom stereocenters. The summed E-state index contributed by atoms with van der Waals surface area (Å²) in [4.78, 5) is 54.7. The normalized spacial score (nSPS) is 18.2. The number of Topliss-reactive ketones (excluding diaryl/α,β-unsaturated/α-hetero) is 1. The molecule has 0 bridgehead atoms. The minimum Gasteiger partial charge on any atom is -0.456 e. The van der Waals surface area contributed by atoms with Gasteiger partial charge in [-0.05, 0) is 85.5 Å². The van der Waals surface area contributed by atoms with E-state index in [9.17, 15) is 23.6 Å².